The van der Waals surface area contributed by atoms with Gasteiger partial charge in [0.2, 0.25) is 0 Å². The summed E-state index contributed by atoms with van der Waals surface area (Å²) in [5, 5.41) is 3.73. The molecule has 1 saturated heterocycles. The van der Waals surface area contributed by atoms with E-state index >= 15 is 0 Å². The molecule has 2 aliphatic rings. The van der Waals surface area contributed by atoms with E-state index in [1.807, 2.05) is 12.4 Å². The van der Waals surface area contributed by atoms with Gasteiger partial charge >= 0.3 is 0 Å². The zero-order valence-electron chi connectivity index (χ0n) is 14.7. The summed E-state index contributed by atoms with van der Waals surface area (Å²) in [6, 6.07) is 0.823. The number of hydrogen-bond donors (Lipinski definition) is 1. The lowest BCUT2D eigenvalue weighted by atomic mass is 9.96. The Morgan fingerprint density at radius 3 is 2.96 bits per heavy atom. The average Bonchev–Trinajstić information content (AvgIpc) is 2.99. The molecule has 0 bridgehead atoms. The normalized spacial score (nSPS) is 29.5. The molecule has 1 aromatic rings. The fourth-order valence-electron chi connectivity index (χ4n) is 3.74. The Bertz CT molecular complexity index is 539. The van der Waals surface area contributed by atoms with Gasteiger partial charge in [0.05, 0.1) is 18.8 Å². The monoisotopic (exact) mass is 318 g/mol. The summed E-state index contributed by atoms with van der Waals surface area (Å²) in [6.45, 7) is 8.17. The highest BCUT2D eigenvalue weighted by atomic mass is 16.5. The van der Waals surface area contributed by atoms with Crippen molar-refractivity contribution in [3.8, 4) is 0 Å². The van der Waals surface area contributed by atoms with Gasteiger partial charge in [0, 0.05) is 38.6 Å². The van der Waals surface area contributed by atoms with Crippen LogP contribution in [0.1, 0.15) is 45.0 Å². The van der Waals surface area contributed by atoms with E-state index in [2.05, 4.69) is 46.7 Å². The van der Waals surface area contributed by atoms with Crippen LogP contribution < -0.4 is 5.32 Å². The Morgan fingerprint density at radius 2 is 2.30 bits per heavy atom. The molecule has 1 unspecified atom stereocenters. The zero-order valence-corrected chi connectivity index (χ0v) is 14.7. The summed E-state index contributed by atoms with van der Waals surface area (Å²) in [5.74, 6) is 1.11. The van der Waals surface area contributed by atoms with Crippen molar-refractivity contribution in [1.29, 1.82) is 0 Å². The summed E-state index contributed by atoms with van der Waals surface area (Å²) < 4.78 is 8.27. The average molecular weight is 318 g/mol. The molecule has 0 aromatic carbocycles. The van der Waals surface area contributed by atoms with Crippen LogP contribution in [0, 0.1) is 0 Å². The van der Waals surface area contributed by atoms with Crippen LogP contribution in [-0.2, 0) is 11.8 Å². The van der Waals surface area contributed by atoms with E-state index in [1.165, 1.54) is 18.4 Å². The van der Waals surface area contributed by atoms with E-state index in [0.717, 1.165) is 38.5 Å². The van der Waals surface area contributed by atoms with Crippen molar-refractivity contribution >= 4 is 0 Å². The van der Waals surface area contributed by atoms with Gasteiger partial charge in [-0.3, -0.25) is 4.90 Å². The highest BCUT2D eigenvalue weighted by molar-refractivity contribution is 5.06. The highest BCUT2D eigenvalue weighted by Gasteiger charge is 2.35. The maximum absolute atomic E-state index is 6.14. The number of aryl methyl sites for hydroxylation is 1. The number of aromatic nitrogens is 2. The number of nitrogens with zero attached hydrogens (tertiary/aromatic N) is 3. The van der Waals surface area contributed by atoms with Crippen LogP contribution in [0.5, 0.6) is 0 Å². The SMILES string of the molecule is CCN1CCO[C@@H](CNC2CC=C(C)CC2)[C@@H]1c1nccn1C. The molecule has 23 heavy (non-hydrogen) atoms. The van der Waals surface area contributed by atoms with Crippen LogP contribution in [0.15, 0.2) is 24.0 Å². The molecule has 0 spiro atoms. The largest absolute Gasteiger partial charge is 0.373 e. The molecule has 3 rings (SSSR count). The number of nitrogens with one attached hydrogen (secondary N) is 1. The van der Waals surface area contributed by atoms with Crippen molar-refractivity contribution < 1.29 is 4.74 Å². The van der Waals surface area contributed by atoms with Gasteiger partial charge in [-0.1, -0.05) is 18.6 Å². The summed E-state index contributed by atoms with van der Waals surface area (Å²) >= 11 is 0. The Kier molecular flexibility index (Phi) is 5.51. The van der Waals surface area contributed by atoms with Crippen LogP contribution in [0.3, 0.4) is 0 Å². The molecule has 5 nitrogen and oxygen atoms in total. The third-order valence-electron chi connectivity index (χ3n) is 5.23. The summed E-state index contributed by atoms with van der Waals surface area (Å²) in [7, 11) is 2.07. The van der Waals surface area contributed by atoms with Crippen LogP contribution in [0.25, 0.3) is 0 Å². The van der Waals surface area contributed by atoms with Crippen LogP contribution in [-0.4, -0.2) is 52.8 Å². The van der Waals surface area contributed by atoms with E-state index < -0.39 is 0 Å². The lowest BCUT2D eigenvalue weighted by Gasteiger charge is -2.41. The van der Waals surface area contributed by atoms with E-state index in [0.29, 0.717) is 6.04 Å². The zero-order chi connectivity index (χ0) is 16.2. The molecule has 5 heteroatoms. The van der Waals surface area contributed by atoms with Crippen LogP contribution in [0.2, 0.25) is 0 Å². The molecule has 1 aromatic heterocycles. The summed E-state index contributed by atoms with van der Waals surface area (Å²) in [4.78, 5) is 7.09. The van der Waals surface area contributed by atoms with Crippen molar-refractivity contribution in [3.63, 3.8) is 0 Å². The van der Waals surface area contributed by atoms with Gasteiger partial charge in [-0.2, -0.15) is 0 Å². The number of hydrogen-bond acceptors (Lipinski definition) is 4. The van der Waals surface area contributed by atoms with Gasteiger partial charge in [0.1, 0.15) is 5.82 Å². The number of rotatable bonds is 5. The smallest absolute Gasteiger partial charge is 0.128 e. The van der Waals surface area contributed by atoms with Gasteiger partial charge in [-0.05, 0) is 32.7 Å². The first-order valence-corrected chi connectivity index (χ1v) is 8.91. The topological polar surface area (TPSA) is 42.3 Å². The van der Waals surface area contributed by atoms with Crippen molar-refractivity contribution in [3.05, 3.63) is 29.9 Å². The molecule has 0 saturated carbocycles. The fraction of sp³-hybridized carbons (Fsp3) is 0.722. The molecule has 3 atom stereocenters. The Labute approximate surface area is 139 Å². The van der Waals surface area contributed by atoms with Crippen LogP contribution in [0.4, 0.5) is 0 Å². The van der Waals surface area contributed by atoms with Gasteiger partial charge in [-0.25, -0.2) is 4.98 Å². The molecule has 1 fully saturated rings. The van der Waals surface area contributed by atoms with E-state index in [-0.39, 0.29) is 12.1 Å². The first-order valence-electron chi connectivity index (χ1n) is 8.91. The molecular weight excluding hydrogens is 288 g/mol. The fourth-order valence-corrected chi connectivity index (χ4v) is 3.74. The molecule has 0 amide bonds. The van der Waals surface area contributed by atoms with Crippen molar-refractivity contribution in [1.82, 2.24) is 19.8 Å². The van der Waals surface area contributed by atoms with E-state index in [4.69, 9.17) is 4.74 Å². The first-order chi connectivity index (χ1) is 11.2. The highest BCUT2D eigenvalue weighted by Crippen LogP contribution is 2.28. The number of imidazole rings is 1. The minimum atomic E-state index is 0.164. The second kappa shape index (κ2) is 7.60. The second-order valence-electron chi connectivity index (χ2n) is 6.81. The second-order valence-corrected chi connectivity index (χ2v) is 6.81. The molecule has 1 aliphatic heterocycles. The number of allylic oxidation sites excluding steroid dienone is 1. The lowest BCUT2D eigenvalue weighted by molar-refractivity contribution is -0.0738. The Hall–Kier alpha value is -1.17. The molecule has 1 aliphatic carbocycles. The number of likely N-dealkylation sites (N-methyl/N-ethyl adjacent to an activating group) is 1. The minimum Gasteiger partial charge on any atom is -0.373 e. The van der Waals surface area contributed by atoms with Gasteiger partial charge in [0.25, 0.3) is 0 Å². The van der Waals surface area contributed by atoms with Crippen LogP contribution >= 0.6 is 0 Å². The third-order valence-corrected chi connectivity index (χ3v) is 5.23. The maximum Gasteiger partial charge on any atom is 0.128 e. The standard InChI is InChI=1S/C18H30N4O/c1-4-22-11-12-23-16(17(22)18-19-9-10-21(18)3)13-20-15-7-5-14(2)6-8-15/h5,9-10,15-17,20H,4,6-8,11-13H2,1-3H3/t15?,16-,17+/m0/s1. The van der Waals surface area contributed by atoms with Crippen molar-refractivity contribution in [2.75, 3.05) is 26.2 Å². The minimum absolute atomic E-state index is 0.164. The predicted octanol–water partition coefficient (Wildman–Crippen LogP) is 2.27. The Morgan fingerprint density at radius 1 is 1.43 bits per heavy atom. The number of morpholine rings is 1. The van der Waals surface area contributed by atoms with Crippen molar-refractivity contribution in [2.24, 2.45) is 7.05 Å². The molecule has 128 valence electrons. The van der Waals surface area contributed by atoms with E-state index in [1.54, 1.807) is 0 Å². The third kappa shape index (κ3) is 3.84. The van der Waals surface area contributed by atoms with Gasteiger partial charge < -0.3 is 14.6 Å². The molecule has 1 N–H and O–H groups in total. The van der Waals surface area contributed by atoms with Gasteiger partial charge in [0.15, 0.2) is 0 Å². The maximum atomic E-state index is 6.14. The lowest BCUT2D eigenvalue weighted by Crippen LogP contribution is -2.51. The molecular formula is C18H30N4O. The summed E-state index contributed by atoms with van der Waals surface area (Å²) in [5.41, 5.74) is 1.53. The molecule has 0 radical (unpaired) electrons. The predicted molar refractivity (Wildman–Crippen MR) is 92.3 cm³/mol. The van der Waals surface area contributed by atoms with E-state index in [9.17, 15) is 0 Å². The number of ether oxygens (including phenoxy) is 1. The quantitative estimate of drug-likeness (QED) is 0.846. The first kappa shape index (κ1) is 16.7. The van der Waals surface area contributed by atoms with Gasteiger partial charge in [-0.15, -0.1) is 0 Å². The summed E-state index contributed by atoms with van der Waals surface area (Å²) in [6.07, 6.45) is 10.0. The Balaban J connectivity index is 1.67. The van der Waals surface area contributed by atoms with Crippen molar-refractivity contribution in [2.45, 2.75) is 51.3 Å². The molecule has 2 heterocycles.